The molecular formula is C14H18N2O2. The van der Waals surface area contributed by atoms with E-state index in [0.717, 1.165) is 11.1 Å². The third kappa shape index (κ3) is 4.11. The Morgan fingerprint density at radius 1 is 1.44 bits per heavy atom. The topological polar surface area (TPSA) is 55.6 Å². The molecule has 0 aliphatic rings. The summed E-state index contributed by atoms with van der Waals surface area (Å²) in [6, 6.07) is 7.68. The van der Waals surface area contributed by atoms with Crippen molar-refractivity contribution in [2.45, 2.75) is 13.5 Å². The molecule has 96 valence electrons. The van der Waals surface area contributed by atoms with E-state index < -0.39 is 0 Å². The van der Waals surface area contributed by atoms with Crippen molar-refractivity contribution >= 4 is 6.09 Å². The fourth-order valence-electron chi connectivity index (χ4n) is 1.48. The quantitative estimate of drug-likeness (QED) is 0.824. The van der Waals surface area contributed by atoms with Crippen LogP contribution in [0.4, 0.5) is 4.79 Å². The van der Waals surface area contributed by atoms with Gasteiger partial charge in [-0.25, -0.2) is 4.79 Å². The van der Waals surface area contributed by atoms with E-state index in [1.165, 1.54) is 4.90 Å². The van der Waals surface area contributed by atoms with Gasteiger partial charge in [-0.3, -0.25) is 0 Å². The molecule has 0 saturated carbocycles. The van der Waals surface area contributed by atoms with Crippen LogP contribution >= 0.6 is 0 Å². The zero-order valence-electron chi connectivity index (χ0n) is 10.8. The van der Waals surface area contributed by atoms with E-state index in [0.29, 0.717) is 19.7 Å². The van der Waals surface area contributed by atoms with E-state index in [2.05, 4.69) is 11.8 Å². The molecule has 0 aliphatic heterocycles. The second-order valence-corrected chi connectivity index (χ2v) is 3.72. The van der Waals surface area contributed by atoms with Crippen LogP contribution in [0.15, 0.2) is 24.3 Å². The van der Waals surface area contributed by atoms with Gasteiger partial charge in [0, 0.05) is 19.2 Å². The average molecular weight is 246 g/mol. The van der Waals surface area contributed by atoms with Crippen LogP contribution in [0.2, 0.25) is 0 Å². The molecule has 0 unspecified atom stereocenters. The summed E-state index contributed by atoms with van der Waals surface area (Å²) in [6.07, 6.45) is -0.334. The number of carbonyl (C=O) groups excluding carboxylic acids is 1. The Morgan fingerprint density at radius 3 is 2.83 bits per heavy atom. The smallest absolute Gasteiger partial charge is 0.409 e. The second kappa shape index (κ2) is 7.36. The molecule has 0 spiro atoms. The van der Waals surface area contributed by atoms with Crippen LogP contribution in [0.1, 0.15) is 18.1 Å². The van der Waals surface area contributed by atoms with Crippen LogP contribution in [0.25, 0.3) is 0 Å². The average Bonchev–Trinajstić information content (AvgIpc) is 2.38. The number of hydrogen-bond acceptors (Lipinski definition) is 3. The standard InChI is InChI=1S/C14H18N2O2/c1-3-18-14(17)16(2)11-13-8-5-4-7-12(13)9-6-10-15/h4-5,7-8H,3,10-11,15H2,1-2H3. The third-order valence-corrected chi connectivity index (χ3v) is 2.33. The van der Waals surface area contributed by atoms with Crippen LogP contribution in [0, 0.1) is 11.8 Å². The molecule has 1 rings (SSSR count). The molecule has 0 heterocycles. The minimum Gasteiger partial charge on any atom is -0.450 e. The molecule has 1 aromatic rings. The lowest BCUT2D eigenvalue weighted by molar-refractivity contribution is 0.114. The Kier molecular flexibility index (Phi) is 5.75. The molecule has 0 saturated heterocycles. The number of nitrogens with two attached hydrogens (primary N) is 1. The lowest BCUT2D eigenvalue weighted by Gasteiger charge is -2.17. The molecule has 4 heteroatoms. The Bertz CT molecular complexity index is 460. The molecule has 0 aliphatic carbocycles. The summed E-state index contributed by atoms with van der Waals surface area (Å²) in [4.78, 5) is 13.0. The molecule has 0 radical (unpaired) electrons. The van der Waals surface area contributed by atoms with Crippen molar-refractivity contribution in [1.82, 2.24) is 4.90 Å². The first-order chi connectivity index (χ1) is 8.69. The zero-order chi connectivity index (χ0) is 13.4. The summed E-state index contributed by atoms with van der Waals surface area (Å²) in [5, 5.41) is 0. The van der Waals surface area contributed by atoms with Crippen molar-refractivity contribution in [2.24, 2.45) is 5.73 Å². The molecule has 0 fully saturated rings. The lowest BCUT2D eigenvalue weighted by atomic mass is 10.1. The summed E-state index contributed by atoms with van der Waals surface area (Å²) in [5.41, 5.74) is 7.23. The van der Waals surface area contributed by atoms with Gasteiger partial charge in [-0.1, -0.05) is 30.0 Å². The van der Waals surface area contributed by atoms with Crippen molar-refractivity contribution in [2.75, 3.05) is 20.2 Å². The fraction of sp³-hybridized carbons (Fsp3) is 0.357. The van der Waals surface area contributed by atoms with Gasteiger partial charge in [0.05, 0.1) is 13.2 Å². The second-order valence-electron chi connectivity index (χ2n) is 3.72. The van der Waals surface area contributed by atoms with Crippen molar-refractivity contribution < 1.29 is 9.53 Å². The summed E-state index contributed by atoms with van der Waals surface area (Å²) < 4.78 is 4.93. The Hall–Kier alpha value is -1.99. The van der Waals surface area contributed by atoms with Gasteiger partial charge in [0.2, 0.25) is 0 Å². The number of rotatable bonds is 3. The van der Waals surface area contributed by atoms with Gasteiger partial charge in [0.1, 0.15) is 0 Å². The largest absolute Gasteiger partial charge is 0.450 e. The summed E-state index contributed by atoms with van der Waals surface area (Å²) in [7, 11) is 1.70. The molecule has 1 amide bonds. The molecule has 18 heavy (non-hydrogen) atoms. The zero-order valence-corrected chi connectivity index (χ0v) is 10.8. The molecule has 1 aromatic carbocycles. The maximum absolute atomic E-state index is 11.5. The maximum Gasteiger partial charge on any atom is 0.409 e. The number of carbonyl (C=O) groups is 1. The number of hydrogen-bond donors (Lipinski definition) is 1. The predicted octanol–water partition coefficient (Wildman–Crippen LogP) is 1.59. The van der Waals surface area contributed by atoms with Crippen molar-refractivity contribution in [1.29, 1.82) is 0 Å². The Morgan fingerprint density at radius 2 is 2.17 bits per heavy atom. The van der Waals surface area contributed by atoms with Crippen LogP contribution in [-0.4, -0.2) is 31.2 Å². The number of amides is 1. The molecule has 0 atom stereocenters. The highest BCUT2D eigenvalue weighted by molar-refractivity contribution is 5.67. The third-order valence-electron chi connectivity index (χ3n) is 2.33. The molecule has 2 N–H and O–H groups in total. The van der Waals surface area contributed by atoms with E-state index in [1.54, 1.807) is 14.0 Å². The highest BCUT2D eigenvalue weighted by atomic mass is 16.5. The molecular weight excluding hydrogens is 228 g/mol. The van der Waals surface area contributed by atoms with E-state index in [1.807, 2.05) is 24.3 Å². The summed E-state index contributed by atoms with van der Waals surface area (Å²) in [6.45, 7) is 2.94. The molecule has 4 nitrogen and oxygen atoms in total. The van der Waals surface area contributed by atoms with Crippen LogP contribution in [0.3, 0.4) is 0 Å². The van der Waals surface area contributed by atoms with E-state index in [9.17, 15) is 4.79 Å². The van der Waals surface area contributed by atoms with E-state index in [4.69, 9.17) is 10.5 Å². The number of nitrogens with zero attached hydrogens (tertiary/aromatic N) is 1. The lowest BCUT2D eigenvalue weighted by Crippen LogP contribution is -2.27. The normalized spacial score (nSPS) is 9.28. The highest BCUT2D eigenvalue weighted by Gasteiger charge is 2.10. The van der Waals surface area contributed by atoms with Gasteiger partial charge in [-0.2, -0.15) is 0 Å². The van der Waals surface area contributed by atoms with Gasteiger partial charge in [0.15, 0.2) is 0 Å². The van der Waals surface area contributed by atoms with Crippen molar-refractivity contribution in [3.05, 3.63) is 35.4 Å². The van der Waals surface area contributed by atoms with Crippen LogP contribution in [-0.2, 0) is 11.3 Å². The summed E-state index contributed by atoms with van der Waals surface area (Å²) in [5.74, 6) is 5.81. The SMILES string of the molecule is CCOC(=O)N(C)Cc1ccccc1C#CCN. The van der Waals surface area contributed by atoms with Gasteiger partial charge in [-0.15, -0.1) is 0 Å². The van der Waals surface area contributed by atoms with Crippen molar-refractivity contribution in [3.8, 4) is 11.8 Å². The minimum atomic E-state index is -0.334. The first kappa shape index (κ1) is 14.1. The molecule has 0 bridgehead atoms. The van der Waals surface area contributed by atoms with Gasteiger partial charge in [-0.05, 0) is 18.6 Å². The predicted molar refractivity (Wildman–Crippen MR) is 70.9 cm³/mol. The maximum atomic E-state index is 11.5. The highest BCUT2D eigenvalue weighted by Crippen LogP contribution is 2.10. The van der Waals surface area contributed by atoms with Gasteiger partial charge >= 0.3 is 6.09 Å². The van der Waals surface area contributed by atoms with E-state index >= 15 is 0 Å². The van der Waals surface area contributed by atoms with Gasteiger partial charge < -0.3 is 15.4 Å². The van der Waals surface area contributed by atoms with Gasteiger partial charge in [0.25, 0.3) is 0 Å². The number of ether oxygens (including phenoxy) is 1. The van der Waals surface area contributed by atoms with Crippen LogP contribution in [0.5, 0.6) is 0 Å². The fourth-order valence-corrected chi connectivity index (χ4v) is 1.48. The number of benzene rings is 1. The first-order valence-electron chi connectivity index (χ1n) is 5.83. The summed E-state index contributed by atoms with van der Waals surface area (Å²) >= 11 is 0. The Balaban J connectivity index is 2.80. The monoisotopic (exact) mass is 246 g/mol. The van der Waals surface area contributed by atoms with Crippen LogP contribution < -0.4 is 5.73 Å². The van der Waals surface area contributed by atoms with Crippen molar-refractivity contribution in [3.63, 3.8) is 0 Å². The van der Waals surface area contributed by atoms with E-state index in [-0.39, 0.29) is 6.09 Å². The molecule has 0 aromatic heterocycles. The Labute approximate surface area is 108 Å². The minimum absolute atomic E-state index is 0.321. The first-order valence-corrected chi connectivity index (χ1v) is 5.83.